The van der Waals surface area contributed by atoms with Gasteiger partial charge in [-0.2, -0.15) is 0 Å². The Kier molecular flexibility index (Phi) is 4.07. The van der Waals surface area contributed by atoms with E-state index in [1.165, 1.54) is 0 Å². The Morgan fingerprint density at radius 2 is 1.94 bits per heavy atom. The van der Waals surface area contributed by atoms with Crippen molar-refractivity contribution < 1.29 is 9.15 Å². The molecule has 1 unspecified atom stereocenters. The summed E-state index contributed by atoms with van der Waals surface area (Å²) in [4.78, 5) is 0. The minimum atomic E-state index is -0.0996. The Morgan fingerprint density at radius 1 is 1.29 bits per heavy atom. The molecule has 1 atom stereocenters. The normalized spacial score (nSPS) is 12.3. The van der Waals surface area contributed by atoms with Gasteiger partial charge in [0.05, 0.1) is 13.2 Å². The Morgan fingerprint density at radius 3 is 2.47 bits per heavy atom. The standard InChI is InChI=1S/C13H17NO2.ClH/c1-7-5-10-8(2)12(9(3)14)16-13(10)11(6-7)15-4;/h5-6,9H,14H2,1-4H3;1H. The molecule has 2 aromatic rings. The maximum Gasteiger partial charge on any atom is 0.176 e. The summed E-state index contributed by atoms with van der Waals surface area (Å²) in [6, 6.07) is 3.97. The quantitative estimate of drug-likeness (QED) is 0.894. The average Bonchev–Trinajstić information content (AvgIpc) is 2.55. The molecule has 0 radical (unpaired) electrons. The average molecular weight is 256 g/mol. The first-order valence-electron chi connectivity index (χ1n) is 5.37. The van der Waals surface area contributed by atoms with E-state index < -0.39 is 0 Å². The minimum absolute atomic E-state index is 0. The van der Waals surface area contributed by atoms with Gasteiger partial charge in [0.2, 0.25) is 0 Å². The Hall–Kier alpha value is -1.19. The van der Waals surface area contributed by atoms with Crippen molar-refractivity contribution in [3.63, 3.8) is 0 Å². The van der Waals surface area contributed by atoms with Crippen molar-refractivity contribution in [3.8, 4) is 5.75 Å². The molecule has 17 heavy (non-hydrogen) atoms. The summed E-state index contributed by atoms with van der Waals surface area (Å²) in [5, 5.41) is 1.09. The van der Waals surface area contributed by atoms with Crippen LogP contribution in [0.25, 0.3) is 11.0 Å². The van der Waals surface area contributed by atoms with Gasteiger partial charge in [-0.1, -0.05) is 0 Å². The molecule has 0 saturated heterocycles. The third-order valence-corrected chi connectivity index (χ3v) is 2.82. The molecule has 2 N–H and O–H groups in total. The van der Waals surface area contributed by atoms with E-state index in [0.29, 0.717) is 0 Å². The first-order valence-corrected chi connectivity index (χ1v) is 5.37. The van der Waals surface area contributed by atoms with Gasteiger partial charge in [-0.25, -0.2) is 0 Å². The molecular formula is C13H18ClNO2. The first-order chi connectivity index (χ1) is 7.54. The molecule has 4 heteroatoms. The van der Waals surface area contributed by atoms with Crippen LogP contribution in [0.4, 0.5) is 0 Å². The van der Waals surface area contributed by atoms with E-state index in [9.17, 15) is 0 Å². The summed E-state index contributed by atoms with van der Waals surface area (Å²) in [6.07, 6.45) is 0. The van der Waals surface area contributed by atoms with Gasteiger partial charge >= 0.3 is 0 Å². The van der Waals surface area contributed by atoms with Crippen LogP contribution >= 0.6 is 12.4 Å². The SMILES string of the molecule is COc1cc(C)cc2c(C)c(C(C)N)oc12.Cl. The predicted octanol–water partition coefficient (Wildman–Crippen LogP) is 3.50. The Bertz CT molecular complexity index is 532. The zero-order valence-electron chi connectivity index (χ0n) is 10.5. The van der Waals surface area contributed by atoms with Gasteiger partial charge in [0.1, 0.15) is 5.76 Å². The number of fused-ring (bicyclic) bond motifs is 1. The summed E-state index contributed by atoms with van der Waals surface area (Å²) in [6.45, 7) is 5.99. The zero-order chi connectivity index (χ0) is 11.9. The fourth-order valence-corrected chi connectivity index (χ4v) is 2.03. The monoisotopic (exact) mass is 255 g/mol. The number of rotatable bonds is 2. The van der Waals surface area contributed by atoms with Crippen molar-refractivity contribution >= 4 is 23.4 Å². The minimum Gasteiger partial charge on any atom is -0.493 e. The largest absolute Gasteiger partial charge is 0.493 e. The van der Waals surface area contributed by atoms with E-state index in [-0.39, 0.29) is 18.4 Å². The lowest BCUT2D eigenvalue weighted by atomic mass is 10.1. The molecule has 0 aliphatic rings. The van der Waals surface area contributed by atoms with E-state index in [4.69, 9.17) is 14.9 Å². The second kappa shape index (κ2) is 4.98. The highest BCUT2D eigenvalue weighted by Gasteiger charge is 2.16. The van der Waals surface area contributed by atoms with E-state index in [2.05, 4.69) is 6.07 Å². The molecule has 0 amide bonds. The number of benzene rings is 1. The third kappa shape index (κ3) is 2.26. The maximum absolute atomic E-state index is 5.87. The molecule has 3 nitrogen and oxygen atoms in total. The number of halogens is 1. The van der Waals surface area contributed by atoms with Crippen LogP contribution in [0.3, 0.4) is 0 Å². The number of hydrogen-bond acceptors (Lipinski definition) is 3. The van der Waals surface area contributed by atoms with Gasteiger partial charge in [-0.3, -0.25) is 0 Å². The maximum atomic E-state index is 5.87. The predicted molar refractivity (Wildman–Crippen MR) is 72.1 cm³/mol. The van der Waals surface area contributed by atoms with E-state index in [1.54, 1.807) is 7.11 Å². The molecule has 2 rings (SSSR count). The van der Waals surface area contributed by atoms with E-state index in [1.807, 2.05) is 26.8 Å². The summed E-state index contributed by atoms with van der Waals surface area (Å²) < 4.78 is 11.1. The highest BCUT2D eigenvalue weighted by Crippen LogP contribution is 2.35. The van der Waals surface area contributed by atoms with Crippen LogP contribution < -0.4 is 10.5 Å². The molecule has 94 valence electrons. The number of hydrogen-bond donors (Lipinski definition) is 1. The topological polar surface area (TPSA) is 48.4 Å². The van der Waals surface area contributed by atoms with E-state index in [0.717, 1.165) is 33.6 Å². The van der Waals surface area contributed by atoms with Crippen LogP contribution in [0, 0.1) is 13.8 Å². The molecule has 0 bridgehead atoms. The van der Waals surface area contributed by atoms with Gasteiger partial charge in [-0.05, 0) is 38.5 Å². The van der Waals surface area contributed by atoms with Crippen molar-refractivity contribution in [1.82, 2.24) is 0 Å². The van der Waals surface area contributed by atoms with Crippen LogP contribution in [0.5, 0.6) is 5.75 Å². The van der Waals surface area contributed by atoms with E-state index >= 15 is 0 Å². The fraction of sp³-hybridized carbons (Fsp3) is 0.385. The highest BCUT2D eigenvalue weighted by molar-refractivity contribution is 5.88. The Labute approximate surface area is 107 Å². The number of aryl methyl sites for hydroxylation is 2. The lowest BCUT2D eigenvalue weighted by molar-refractivity contribution is 0.405. The number of furan rings is 1. The van der Waals surface area contributed by atoms with Crippen LogP contribution in [0.15, 0.2) is 16.5 Å². The fourth-order valence-electron chi connectivity index (χ4n) is 2.03. The number of ether oxygens (including phenoxy) is 1. The molecule has 0 aliphatic carbocycles. The van der Waals surface area contributed by atoms with Crippen molar-refractivity contribution in [1.29, 1.82) is 0 Å². The van der Waals surface area contributed by atoms with Crippen LogP contribution in [-0.2, 0) is 0 Å². The molecule has 1 heterocycles. The zero-order valence-corrected chi connectivity index (χ0v) is 11.4. The van der Waals surface area contributed by atoms with Gasteiger partial charge in [0, 0.05) is 10.9 Å². The number of nitrogens with two attached hydrogens (primary N) is 1. The summed E-state index contributed by atoms with van der Waals surface area (Å²) in [7, 11) is 1.65. The lowest BCUT2D eigenvalue weighted by Crippen LogP contribution is -2.04. The van der Waals surface area contributed by atoms with Crippen molar-refractivity contribution in [3.05, 3.63) is 29.0 Å². The van der Waals surface area contributed by atoms with Gasteiger partial charge < -0.3 is 14.9 Å². The molecule has 0 fully saturated rings. The smallest absolute Gasteiger partial charge is 0.176 e. The molecule has 1 aromatic heterocycles. The molecule has 1 aromatic carbocycles. The van der Waals surface area contributed by atoms with Crippen molar-refractivity contribution in [2.24, 2.45) is 5.73 Å². The Balaban J connectivity index is 0.00000144. The van der Waals surface area contributed by atoms with Crippen molar-refractivity contribution in [2.45, 2.75) is 26.8 Å². The summed E-state index contributed by atoms with van der Waals surface area (Å²) in [5.74, 6) is 1.60. The number of methoxy groups -OCH3 is 1. The van der Waals surface area contributed by atoms with Crippen LogP contribution in [0.2, 0.25) is 0 Å². The summed E-state index contributed by atoms with van der Waals surface area (Å²) in [5.41, 5.74) is 8.92. The molecular weight excluding hydrogens is 238 g/mol. The lowest BCUT2D eigenvalue weighted by Gasteiger charge is -2.02. The van der Waals surface area contributed by atoms with Gasteiger partial charge in [0.15, 0.2) is 11.3 Å². The van der Waals surface area contributed by atoms with Gasteiger partial charge in [0.25, 0.3) is 0 Å². The van der Waals surface area contributed by atoms with Crippen LogP contribution in [-0.4, -0.2) is 7.11 Å². The molecule has 0 spiro atoms. The van der Waals surface area contributed by atoms with Crippen LogP contribution in [0.1, 0.15) is 29.9 Å². The second-order valence-electron chi connectivity index (χ2n) is 4.22. The van der Waals surface area contributed by atoms with Gasteiger partial charge in [-0.15, -0.1) is 12.4 Å². The molecule has 0 aliphatic heterocycles. The van der Waals surface area contributed by atoms with Crippen molar-refractivity contribution in [2.75, 3.05) is 7.11 Å². The highest BCUT2D eigenvalue weighted by atomic mass is 35.5. The first kappa shape index (κ1) is 13.9. The molecule has 0 saturated carbocycles. The second-order valence-corrected chi connectivity index (χ2v) is 4.22. The third-order valence-electron chi connectivity index (χ3n) is 2.82. The summed E-state index contributed by atoms with van der Waals surface area (Å²) >= 11 is 0.